The standard InChI is InChI=1S/C17H21N3O2S/c1-9-14(11(3)21)10(2)19-15(9)16(22)12(4)23-17-18-7-8-20(17)13-5-6-13/h7-8,12-13,19H,5-6H2,1-4H3/t12-/m1/s1. The molecule has 1 aliphatic carbocycles. The van der Waals surface area contributed by atoms with E-state index in [1.807, 2.05) is 27.0 Å². The lowest BCUT2D eigenvalue weighted by Crippen LogP contribution is -2.16. The predicted molar refractivity (Wildman–Crippen MR) is 90.4 cm³/mol. The number of carbonyl (C=O) groups excluding carboxylic acids is 2. The topological polar surface area (TPSA) is 67.8 Å². The number of aryl methyl sites for hydroxylation is 1. The first-order valence-electron chi connectivity index (χ1n) is 7.84. The van der Waals surface area contributed by atoms with Crippen LogP contribution in [0.5, 0.6) is 0 Å². The molecule has 0 radical (unpaired) electrons. The summed E-state index contributed by atoms with van der Waals surface area (Å²) in [5, 5.41) is 0.632. The minimum Gasteiger partial charge on any atom is -0.355 e. The molecule has 1 saturated carbocycles. The number of nitrogens with zero attached hydrogens (tertiary/aromatic N) is 2. The van der Waals surface area contributed by atoms with E-state index < -0.39 is 0 Å². The highest BCUT2D eigenvalue weighted by molar-refractivity contribution is 8.00. The van der Waals surface area contributed by atoms with Crippen molar-refractivity contribution in [1.82, 2.24) is 14.5 Å². The molecule has 3 rings (SSSR count). The molecular formula is C17H21N3O2S. The lowest BCUT2D eigenvalue weighted by molar-refractivity contribution is 0.0988. The van der Waals surface area contributed by atoms with Crippen LogP contribution in [0.15, 0.2) is 17.6 Å². The molecule has 2 aromatic heterocycles. The van der Waals surface area contributed by atoms with Crippen molar-refractivity contribution in [3.63, 3.8) is 0 Å². The van der Waals surface area contributed by atoms with Gasteiger partial charge in [-0.05, 0) is 46.1 Å². The largest absolute Gasteiger partial charge is 0.355 e. The van der Waals surface area contributed by atoms with E-state index in [0.29, 0.717) is 17.3 Å². The van der Waals surface area contributed by atoms with E-state index >= 15 is 0 Å². The van der Waals surface area contributed by atoms with Crippen LogP contribution in [0.1, 0.15) is 64.8 Å². The van der Waals surface area contributed by atoms with E-state index in [1.54, 1.807) is 6.20 Å². The van der Waals surface area contributed by atoms with Crippen molar-refractivity contribution in [3.05, 3.63) is 34.9 Å². The summed E-state index contributed by atoms with van der Waals surface area (Å²) in [5.74, 6) is -0.00618. The third kappa shape index (κ3) is 3.00. The van der Waals surface area contributed by atoms with Crippen molar-refractivity contribution >= 4 is 23.3 Å². The number of hydrogen-bond acceptors (Lipinski definition) is 4. The van der Waals surface area contributed by atoms with Crippen LogP contribution in [-0.4, -0.2) is 31.4 Å². The molecule has 1 aliphatic rings. The van der Waals surface area contributed by atoms with Gasteiger partial charge >= 0.3 is 0 Å². The third-order valence-corrected chi connectivity index (χ3v) is 5.36. The van der Waals surface area contributed by atoms with Crippen molar-refractivity contribution in [1.29, 1.82) is 0 Å². The Morgan fingerprint density at radius 1 is 1.39 bits per heavy atom. The number of Topliss-reactive ketones (excluding diaryl/α,β-unsaturated/α-hetero) is 2. The van der Waals surface area contributed by atoms with Crippen LogP contribution >= 0.6 is 11.8 Å². The van der Waals surface area contributed by atoms with Crippen molar-refractivity contribution < 1.29 is 9.59 Å². The predicted octanol–water partition coefficient (Wildman–Crippen LogP) is 3.73. The van der Waals surface area contributed by atoms with E-state index in [1.165, 1.54) is 31.5 Å². The van der Waals surface area contributed by atoms with Gasteiger partial charge in [0.2, 0.25) is 0 Å². The van der Waals surface area contributed by atoms with E-state index in [4.69, 9.17) is 0 Å². The van der Waals surface area contributed by atoms with Gasteiger partial charge in [0, 0.05) is 29.7 Å². The maximum Gasteiger partial charge on any atom is 0.192 e. The summed E-state index contributed by atoms with van der Waals surface area (Å²) < 4.78 is 2.16. The molecule has 0 aromatic carbocycles. The van der Waals surface area contributed by atoms with Crippen LogP contribution in [0.2, 0.25) is 0 Å². The maximum absolute atomic E-state index is 12.8. The Balaban J connectivity index is 1.81. The van der Waals surface area contributed by atoms with Gasteiger partial charge in [-0.2, -0.15) is 0 Å². The van der Waals surface area contributed by atoms with Gasteiger partial charge in [-0.15, -0.1) is 0 Å². The second-order valence-electron chi connectivity index (χ2n) is 6.15. The molecule has 2 heterocycles. The average molecular weight is 331 g/mol. The Morgan fingerprint density at radius 2 is 2.09 bits per heavy atom. The van der Waals surface area contributed by atoms with Gasteiger partial charge in [0.1, 0.15) is 0 Å². The number of carbonyl (C=O) groups is 2. The molecule has 23 heavy (non-hydrogen) atoms. The minimum absolute atomic E-state index is 0.00782. The fourth-order valence-electron chi connectivity index (χ4n) is 2.96. The van der Waals surface area contributed by atoms with Crippen molar-refractivity contribution in [2.45, 2.75) is 57.0 Å². The fraction of sp³-hybridized carbons (Fsp3) is 0.471. The van der Waals surface area contributed by atoms with Gasteiger partial charge in [-0.25, -0.2) is 4.98 Å². The number of hydrogen-bond donors (Lipinski definition) is 1. The highest BCUT2D eigenvalue weighted by Gasteiger charge is 2.29. The van der Waals surface area contributed by atoms with Crippen LogP contribution < -0.4 is 0 Å². The molecule has 2 aromatic rings. The molecule has 1 N–H and O–H groups in total. The Labute approximate surface area is 139 Å². The molecule has 1 fully saturated rings. The zero-order valence-corrected chi connectivity index (χ0v) is 14.7. The second kappa shape index (κ2) is 6.00. The van der Waals surface area contributed by atoms with Gasteiger partial charge < -0.3 is 9.55 Å². The van der Waals surface area contributed by atoms with Crippen LogP contribution in [0, 0.1) is 13.8 Å². The second-order valence-corrected chi connectivity index (χ2v) is 7.46. The van der Waals surface area contributed by atoms with Gasteiger partial charge in [0.25, 0.3) is 0 Å². The normalized spacial score (nSPS) is 15.7. The molecule has 0 spiro atoms. The smallest absolute Gasteiger partial charge is 0.192 e. The zero-order chi connectivity index (χ0) is 16.7. The molecule has 6 heteroatoms. The molecule has 0 aliphatic heterocycles. The van der Waals surface area contributed by atoms with E-state index in [9.17, 15) is 9.59 Å². The third-order valence-electron chi connectivity index (χ3n) is 4.26. The van der Waals surface area contributed by atoms with Crippen molar-refractivity contribution in [3.8, 4) is 0 Å². The Bertz CT molecular complexity index is 771. The van der Waals surface area contributed by atoms with E-state index in [2.05, 4.69) is 14.5 Å². The summed E-state index contributed by atoms with van der Waals surface area (Å²) in [6, 6.07) is 0.543. The molecule has 0 saturated heterocycles. The number of imidazole rings is 1. The maximum atomic E-state index is 12.8. The summed E-state index contributed by atoms with van der Waals surface area (Å²) in [6.45, 7) is 7.08. The first-order chi connectivity index (χ1) is 10.9. The zero-order valence-electron chi connectivity index (χ0n) is 13.8. The highest BCUT2D eigenvalue weighted by atomic mass is 32.2. The van der Waals surface area contributed by atoms with Crippen LogP contribution in [0.4, 0.5) is 0 Å². The Morgan fingerprint density at radius 3 is 2.65 bits per heavy atom. The van der Waals surface area contributed by atoms with E-state index in [0.717, 1.165) is 16.4 Å². The first-order valence-corrected chi connectivity index (χ1v) is 8.72. The molecule has 1 atom stereocenters. The van der Waals surface area contributed by atoms with Crippen LogP contribution in [0.25, 0.3) is 0 Å². The summed E-state index contributed by atoms with van der Waals surface area (Å²) in [6.07, 6.45) is 6.14. The van der Waals surface area contributed by atoms with Gasteiger partial charge in [0.05, 0.1) is 10.9 Å². The number of aromatic nitrogens is 3. The molecule has 0 bridgehead atoms. The molecular weight excluding hydrogens is 310 g/mol. The van der Waals surface area contributed by atoms with Crippen molar-refractivity contribution in [2.24, 2.45) is 0 Å². The summed E-state index contributed by atoms with van der Waals surface area (Å²) in [4.78, 5) is 32.0. The minimum atomic E-state index is -0.258. The molecule has 122 valence electrons. The van der Waals surface area contributed by atoms with Gasteiger partial charge in [-0.1, -0.05) is 11.8 Å². The Kier molecular flexibility index (Phi) is 4.19. The first kappa shape index (κ1) is 16.1. The lowest BCUT2D eigenvalue weighted by atomic mass is 10.0. The fourth-order valence-corrected chi connectivity index (χ4v) is 3.96. The number of thioether (sulfide) groups is 1. The average Bonchev–Trinajstić information content (AvgIpc) is 3.15. The number of ketones is 2. The SMILES string of the molecule is CC(=O)c1c(C)[nH]c(C(=O)[C@@H](C)Sc2nccn2C2CC2)c1C. The monoisotopic (exact) mass is 331 g/mol. The number of nitrogens with one attached hydrogen (secondary N) is 1. The summed E-state index contributed by atoms with van der Waals surface area (Å²) >= 11 is 1.48. The summed E-state index contributed by atoms with van der Waals surface area (Å²) in [5.41, 5.74) is 2.68. The lowest BCUT2D eigenvalue weighted by Gasteiger charge is -2.11. The number of H-pyrrole nitrogens is 1. The van der Waals surface area contributed by atoms with Crippen LogP contribution in [-0.2, 0) is 0 Å². The molecule has 0 amide bonds. The van der Waals surface area contributed by atoms with Gasteiger partial charge in [0.15, 0.2) is 16.7 Å². The Hall–Kier alpha value is -1.82. The van der Waals surface area contributed by atoms with E-state index in [-0.39, 0.29) is 16.8 Å². The molecule has 5 nitrogen and oxygen atoms in total. The van der Waals surface area contributed by atoms with Gasteiger partial charge in [-0.3, -0.25) is 9.59 Å². The van der Waals surface area contributed by atoms with Crippen LogP contribution in [0.3, 0.4) is 0 Å². The molecule has 0 unspecified atom stereocenters. The quantitative estimate of drug-likeness (QED) is 0.647. The number of rotatable bonds is 6. The highest BCUT2D eigenvalue weighted by Crippen LogP contribution is 2.38. The van der Waals surface area contributed by atoms with Crippen molar-refractivity contribution in [2.75, 3.05) is 0 Å². The summed E-state index contributed by atoms with van der Waals surface area (Å²) in [7, 11) is 0. The number of aromatic amines is 1.